The first-order chi connectivity index (χ1) is 8.73. The van der Waals surface area contributed by atoms with Crippen molar-refractivity contribution in [2.75, 3.05) is 6.54 Å². The van der Waals surface area contributed by atoms with Crippen LogP contribution in [0.5, 0.6) is 0 Å². The first-order valence-corrected chi connectivity index (χ1v) is 7.74. The molecular formula is C12H14BrN3OS. The number of thiophene rings is 1. The molecule has 1 atom stereocenters. The SMILES string of the molecule is CCC1(c2nc(-c3cc(Br)cs3)no2)CCCN1. The minimum Gasteiger partial charge on any atom is -0.337 e. The van der Waals surface area contributed by atoms with Gasteiger partial charge in [-0.2, -0.15) is 4.98 Å². The molecule has 0 aromatic carbocycles. The molecule has 1 aliphatic heterocycles. The zero-order chi connectivity index (χ0) is 12.6. The van der Waals surface area contributed by atoms with Gasteiger partial charge in [0.15, 0.2) is 0 Å². The minimum absolute atomic E-state index is 0.111. The summed E-state index contributed by atoms with van der Waals surface area (Å²) in [6, 6.07) is 2.01. The van der Waals surface area contributed by atoms with E-state index in [1.54, 1.807) is 11.3 Å². The van der Waals surface area contributed by atoms with Crippen molar-refractivity contribution < 1.29 is 4.52 Å². The molecule has 0 bridgehead atoms. The number of aromatic nitrogens is 2. The monoisotopic (exact) mass is 327 g/mol. The van der Waals surface area contributed by atoms with Crippen molar-refractivity contribution in [3.63, 3.8) is 0 Å². The highest BCUT2D eigenvalue weighted by Gasteiger charge is 2.39. The predicted octanol–water partition coefficient (Wildman–Crippen LogP) is 3.55. The second kappa shape index (κ2) is 4.75. The Morgan fingerprint density at radius 1 is 1.61 bits per heavy atom. The zero-order valence-corrected chi connectivity index (χ0v) is 12.5. The van der Waals surface area contributed by atoms with E-state index >= 15 is 0 Å². The maximum absolute atomic E-state index is 5.47. The predicted molar refractivity (Wildman–Crippen MR) is 74.5 cm³/mol. The molecule has 1 saturated heterocycles. The Morgan fingerprint density at radius 3 is 3.11 bits per heavy atom. The number of nitrogens with zero attached hydrogens (tertiary/aromatic N) is 2. The molecule has 3 heterocycles. The van der Waals surface area contributed by atoms with Crippen LogP contribution < -0.4 is 5.32 Å². The summed E-state index contributed by atoms with van der Waals surface area (Å²) in [5.41, 5.74) is -0.111. The van der Waals surface area contributed by atoms with E-state index in [1.807, 2.05) is 11.4 Å². The molecule has 18 heavy (non-hydrogen) atoms. The summed E-state index contributed by atoms with van der Waals surface area (Å²) in [6.45, 7) is 3.18. The van der Waals surface area contributed by atoms with Crippen LogP contribution in [0.2, 0.25) is 0 Å². The van der Waals surface area contributed by atoms with Gasteiger partial charge in [0, 0.05) is 9.85 Å². The normalized spacial score (nSPS) is 23.7. The summed E-state index contributed by atoms with van der Waals surface area (Å²) >= 11 is 5.05. The second-order valence-corrected chi connectivity index (χ2v) is 6.35. The third kappa shape index (κ3) is 2.02. The van der Waals surface area contributed by atoms with Gasteiger partial charge >= 0.3 is 0 Å². The molecule has 1 fully saturated rings. The Morgan fingerprint density at radius 2 is 2.50 bits per heavy atom. The lowest BCUT2D eigenvalue weighted by atomic mass is 9.94. The first-order valence-electron chi connectivity index (χ1n) is 6.07. The van der Waals surface area contributed by atoms with E-state index in [-0.39, 0.29) is 5.54 Å². The summed E-state index contributed by atoms with van der Waals surface area (Å²) in [4.78, 5) is 5.60. The van der Waals surface area contributed by atoms with Gasteiger partial charge in [-0.3, -0.25) is 0 Å². The van der Waals surface area contributed by atoms with Gasteiger partial charge in [0.25, 0.3) is 0 Å². The molecule has 3 rings (SSSR count). The van der Waals surface area contributed by atoms with Gasteiger partial charge in [-0.15, -0.1) is 11.3 Å². The average Bonchev–Trinajstić information content (AvgIpc) is 3.08. The van der Waals surface area contributed by atoms with Crippen LogP contribution in [0.25, 0.3) is 10.7 Å². The Hall–Kier alpha value is -0.720. The number of hydrogen-bond donors (Lipinski definition) is 1. The van der Waals surface area contributed by atoms with Gasteiger partial charge in [0.05, 0.1) is 10.4 Å². The smallest absolute Gasteiger partial charge is 0.247 e. The van der Waals surface area contributed by atoms with Gasteiger partial charge in [-0.1, -0.05) is 12.1 Å². The molecule has 1 N–H and O–H groups in total. The molecule has 0 amide bonds. The Bertz CT molecular complexity index is 545. The third-order valence-electron chi connectivity index (χ3n) is 3.47. The Kier molecular flexibility index (Phi) is 3.25. The fourth-order valence-electron chi connectivity index (χ4n) is 2.39. The third-order valence-corrected chi connectivity index (χ3v) is 5.16. The Labute approximate surface area is 118 Å². The van der Waals surface area contributed by atoms with Crippen molar-refractivity contribution in [1.82, 2.24) is 15.5 Å². The van der Waals surface area contributed by atoms with Crippen LogP contribution in [0.15, 0.2) is 20.4 Å². The fourth-order valence-corrected chi connectivity index (χ4v) is 3.74. The average molecular weight is 328 g/mol. The largest absolute Gasteiger partial charge is 0.337 e. The van der Waals surface area contributed by atoms with Gasteiger partial charge < -0.3 is 9.84 Å². The molecule has 4 nitrogen and oxygen atoms in total. The molecule has 2 aromatic heterocycles. The molecule has 0 saturated carbocycles. The number of nitrogens with one attached hydrogen (secondary N) is 1. The van der Waals surface area contributed by atoms with Crippen molar-refractivity contribution in [3.05, 3.63) is 21.8 Å². The number of hydrogen-bond acceptors (Lipinski definition) is 5. The summed E-state index contributed by atoms with van der Waals surface area (Å²) < 4.78 is 6.53. The summed E-state index contributed by atoms with van der Waals surface area (Å²) in [5, 5.41) is 9.63. The zero-order valence-electron chi connectivity index (χ0n) is 10.1. The molecule has 1 unspecified atom stereocenters. The van der Waals surface area contributed by atoms with E-state index in [4.69, 9.17) is 4.52 Å². The van der Waals surface area contributed by atoms with Gasteiger partial charge in [-0.25, -0.2) is 0 Å². The minimum atomic E-state index is -0.111. The standard InChI is InChI=1S/C12H14BrN3OS/c1-2-12(4-3-5-14-12)11-15-10(16-17-11)9-6-8(13)7-18-9/h6-7,14H,2-5H2,1H3. The second-order valence-electron chi connectivity index (χ2n) is 4.52. The van der Waals surface area contributed by atoms with E-state index in [0.717, 1.165) is 41.0 Å². The lowest BCUT2D eigenvalue weighted by Crippen LogP contribution is -2.36. The van der Waals surface area contributed by atoms with Crippen LogP contribution in [0, 0.1) is 0 Å². The molecule has 0 spiro atoms. The van der Waals surface area contributed by atoms with Gasteiger partial charge in [0.2, 0.25) is 11.7 Å². The van der Waals surface area contributed by atoms with Crippen LogP contribution >= 0.6 is 27.3 Å². The maximum Gasteiger partial charge on any atom is 0.247 e. The summed E-state index contributed by atoms with van der Waals surface area (Å²) in [6.07, 6.45) is 3.21. The van der Waals surface area contributed by atoms with Crippen molar-refractivity contribution in [3.8, 4) is 10.7 Å². The van der Waals surface area contributed by atoms with Crippen molar-refractivity contribution in [2.24, 2.45) is 0 Å². The molecular weight excluding hydrogens is 314 g/mol. The molecule has 2 aromatic rings. The number of rotatable bonds is 3. The van der Waals surface area contributed by atoms with Gasteiger partial charge in [-0.05, 0) is 47.8 Å². The van der Waals surface area contributed by atoms with Crippen molar-refractivity contribution >= 4 is 27.3 Å². The van der Waals surface area contributed by atoms with E-state index in [1.165, 1.54) is 0 Å². The van der Waals surface area contributed by atoms with Crippen LogP contribution in [0.3, 0.4) is 0 Å². The van der Waals surface area contributed by atoms with E-state index in [9.17, 15) is 0 Å². The molecule has 1 aliphatic rings. The lowest BCUT2D eigenvalue weighted by molar-refractivity contribution is 0.250. The molecule has 0 aliphatic carbocycles. The lowest BCUT2D eigenvalue weighted by Gasteiger charge is -2.22. The van der Waals surface area contributed by atoms with Gasteiger partial charge in [0.1, 0.15) is 0 Å². The highest BCUT2D eigenvalue weighted by Crippen LogP contribution is 2.35. The van der Waals surface area contributed by atoms with E-state index < -0.39 is 0 Å². The first kappa shape index (κ1) is 12.3. The highest BCUT2D eigenvalue weighted by molar-refractivity contribution is 9.10. The quantitative estimate of drug-likeness (QED) is 0.936. The fraction of sp³-hybridized carbons (Fsp3) is 0.500. The molecule has 0 radical (unpaired) electrons. The highest BCUT2D eigenvalue weighted by atomic mass is 79.9. The van der Waals surface area contributed by atoms with E-state index in [0.29, 0.717) is 5.82 Å². The van der Waals surface area contributed by atoms with E-state index in [2.05, 4.69) is 38.3 Å². The summed E-state index contributed by atoms with van der Waals surface area (Å²) in [5.74, 6) is 1.41. The molecule has 6 heteroatoms. The van der Waals surface area contributed by atoms with Crippen molar-refractivity contribution in [2.45, 2.75) is 31.7 Å². The topological polar surface area (TPSA) is 51.0 Å². The van der Waals surface area contributed by atoms with Crippen LogP contribution in [0.1, 0.15) is 32.1 Å². The van der Waals surface area contributed by atoms with Crippen LogP contribution in [0.4, 0.5) is 0 Å². The summed E-state index contributed by atoms with van der Waals surface area (Å²) in [7, 11) is 0. The number of halogens is 1. The molecule has 96 valence electrons. The van der Waals surface area contributed by atoms with Crippen molar-refractivity contribution in [1.29, 1.82) is 0 Å². The Balaban J connectivity index is 1.93. The van der Waals surface area contributed by atoms with Crippen LogP contribution in [-0.2, 0) is 5.54 Å². The maximum atomic E-state index is 5.47. The van der Waals surface area contributed by atoms with Crippen LogP contribution in [-0.4, -0.2) is 16.7 Å².